The molecule has 0 aliphatic heterocycles. The van der Waals surface area contributed by atoms with E-state index in [4.69, 9.17) is 0 Å². The van der Waals surface area contributed by atoms with E-state index in [1.54, 1.807) is 6.92 Å². The Hall–Kier alpha value is -2.03. The Labute approximate surface area is 107 Å². The number of carboxylic acids is 1. The quantitative estimate of drug-likeness (QED) is 0.896. The molecule has 0 aliphatic rings. The molecule has 2 aromatic carbocycles. The summed E-state index contributed by atoms with van der Waals surface area (Å²) in [6.07, 6.45) is 0. The molecule has 0 heterocycles. The van der Waals surface area contributed by atoms with Gasteiger partial charge in [0, 0.05) is 17.6 Å². The highest BCUT2D eigenvalue weighted by Crippen LogP contribution is 2.27. The zero-order chi connectivity index (χ0) is 13.1. The highest BCUT2D eigenvalue weighted by atomic mass is 16.4. The molecule has 18 heavy (non-hydrogen) atoms. The number of fused-ring (bicyclic) bond motifs is 1. The molecule has 0 unspecified atom stereocenters. The second-order valence-corrected chi connectivity index (χ2v) is 4.30. The Morgan fingerprint density at radius 1 is 1.22 bits per heavy atom. The Morgan fingerprint density at radius 2 is 1.89 bits per heavy atom. The van der Waals surface area contributed by atoms with E-state index in [-0.39, 0.29) is 0 Å². The first kappa shape index (κ1) is 12.4. The summed E-state index contributed by atoms with van der Waals surface area (Å²) in [6, 6.07) is 13.5. The molecular weight excluding hydrogens is 226 g/mol. The summed E-state index contributed by atoms with van der Waals surface area (Å²) in [5.74, 6) is -0.801. The van der Waals surface area contributed by atoms with Crippen molar-refractivity contribution in [3.05, 3.63) is 42.5 Å². The molecule has 0 fully saturated rings. The van der Waals surface area contributed by atoms with Crippen molar-refractivity contribution in [3.63, 3.8) is 0 Å². The van der Waals surface area contributed by atoms with Gasteiger partial charge in [0.2, 0.25) is 0 Å². The third-order valence-electron chi connectivity index (χ3n) is 3.24. The van der Waals surface area contributed by atoms with Gasteiger partial charge in [-0.15, -0.1) is 0 Å². The fourth-order valence-electron chi connectivity index (χ4n) is 2.24. The van der Waals surface area contributed by atoms with Gasteiger partial charge in [0.15, 0.2) is 0 Å². The van der Waals surface area contributed by atoms with E-state index < -0.39 is 12.0 Å². The average Bonchev–Trinajstić information content (AvgIpc) is 2.39. The second kappa shape index (κ2) is 5.08. The maximum atomic E-state index is 11.2. The largest absolute Gasteiger partial charge is 0.480 e. The molecule has 3 nitrogen and oxygen atoms in total. The molecule has 2 rings (SSSR count). The monoisotopic (exact) mass is 243 g/mol. The number of benzene rings is 2. The highest BCUT2D eigenvalue weighted by Gasteiger charge is 2.20. The van der Waals surface area contributed by atoms with Crippen molar-refractivity contribution in [3.8, 4) is 0 Å². The van der Waals surface area contributed by atoms with Gasteiger partial charge in [-0.2, -0.15) is 0 Å². The number of hydrogen-bond donors (Lipinski definition) is 1. The first-order valence-electron chi connectivity index (χ1n) is 6.12. The molecule has 0 bridgehead atoms. The lowest BCUT2D eigenvalue weighted by Crippen LogP contribution is -2.39. The van der Waals surface area contributed by atoms with E-state index in [1.165, 1.54) is 0 Å². The lowest BCUT2D eigenvalue weighted by molar-refractivity contribution is -0.138. The molecule has 2 aromatic rings. The third kappa shape index (κ3) is 2.16. The topological polar surface area (TPSA) is 40.5 Å². The Morgan fingerprint density at radius 3 is 2.56 bits per heavy atom. The number of anilines is 1. The summed E-state index contributed by atoms with van der Waals surface area (Å²) in [7, 11) is 0. The Balaban J connectivity index is 2.55. The van der Waals surface area contributed by atoms with Crippen LogP contribution < -0.4 is 4.90 Å². The first-order valence-corrected chi connectivity index (χ1v) is 6.12. The standard InChI is InChI=1S/C15H17NO2/c1-3-16(11(2)15(17)18)14-10-6-8-12-7-4-5-9-13(12)14/h4-11H,3H2,1-2H3,(H,17,18)/t11-/m1/s1. The Kier molecular flexibility index (Phi) is 3.51. The first-order chi connectivity index (χ1) is 8.65. The zero-order valence-corrected chi connectivity index (χ0v) is 10.6. The Bertz CT molecular complexity index is 560. The fraction of sp³-hybridized carbons (Fsp3) is 0.267. The van der Waals surface area contributed by atoms with Crippen LogP contribution in [0.3, 0.4) is 0 Å². The van der Waals surface area contributed by atoms with Crippen LogP contribution >= 0.6 is 0 Å². The molecule has 0 amide bonds. The van der Waals surface area contributed by atoms with Gasteiger partial charge in [0.1, 0.15) is 6.04 Å². The van der Waals surface area contributed by atoms with Crippen molar-refractivity contribution in [2.45, 2.75) is 19.9 Å². The molecule has 1 N–H and O–H groups in total. The number of nitrogens with zero attached hydrogens (tertiary/aromatic N) is 1. The van der Waals surface area contributed by atoms with Gasteiger partial charge in [0.05, 0.1) is 0 Å². The van der Waals surface area contributed by atoms with E-state index in [1.807, 2.05) is 54.3 Å². The van der Waals surface area contributed by atoms with E-state index in [9.17, 15) is 9.90 Å². The number of rotatable bonds is 4. The van der Waals surface area contributed by atoms with Crippen LogP contribution in [0.1, 0.15) is 13.8 Å². The normalized spacial score (nSPS) is 12.3. The molecule has 1 atom stereocenters. The van der Waals surface area contributed by atoms with Crippen LogP contribution in [0.15, 0.2) is 42.5 Å². The minimum Gasteiger partial charge on any atom is -0.480 e. The molecule has 0 saturated carbocycles. The molecule has 0 saturated heterocycles. The number of hydrogen-bond acceptors (Lipinski definition) is 2. The smallest absolute Gasteiger partial charge is 0.326 e. The van der Waals surface area contributed by atoms with Crippen molar-refractivity contribution in [1.29, 1.82) is 0 Å². The predicted octanol–water partition coefficient (Wildman–Crippen LogP) is 3.14. The maximum absolute atomic E-state index is 11.2. The maximum Gasteiger partial charge on any atom is 0.326 e. The van der Waals surface area contributed by atoms with Crippen molar-refractivity contribution >= 4 is 22.4 Å². The van der Waals surface area contributed by atoms with Crippen LogP contribution in [0.5, 0.6) is 0 Å². The van der Waals surface area contributed by atoms with Crippen LogP contribution in [0, 0.1) is 0 Å². The van der Waals surface area contributed by atoms with Crippen molar-refractivity contribution < 1.29 is 9.90 Å². The summed E-state index contributed by atoms with van der Waals surface area (Å²) in [5.41, 5.74) is 0.977. The van der Waals surface area contributed by atoms with Gasteiger partial charge in [-0.1, -0.05) is 36.4 Å². The summed E-state index contributed by atoms with van der Waals surface area (Å²) in [5, 5.41) is 11.4. The fourth-order valence-corrected chi connectivity index (χ4v) is 2.24. The van der Waals surface area contributed by atoms with Crippen LogP contribution in [0.4, 0.5) is 5.69 Å². The number of carbonyl (C=O) groups is 1. The van der Waals surface area contributed by atoms with Crippen LogP contribution in [0.25, 0.3) is 10.8 Å². The minimum absolute atomic E-state index is 0.527. The number of aliphatic carboxylic acids is 1. The van der Waals surface area contributed by atoms with Gasteiger partial charge in [-0.25, -0.2) is 4.79 Å². The SMILES string of the molecule is CCN(c1cccc2ccccc12)[C@H](C)C(=O)O. The van der Waals surface area contributed by atoms with Crippen molar-refractivity contribution in [2.24, 2.45) is 0 Å². The molecule has 0 aliphatic carbocycles. The van der Waals surface area contributed by atoms with E-state index in [2.05, 4.69) is 0 Å². The van der Waals surface area contributed by atoms with Crippen LogP contribution in [0.2, 0.25) is 0 Å². The summed E-state index contributed by atoms with van der Waals surface area (Å²) in [6.45, 7) is 4.36. The molecule has 3 heteroatoms. The number of carboxylic acid groups (broad SMARTS) is 1. The van der Waals surface area contributed by atoms with Crippen molar-refractivity contribution in [1.82, 2.24) is 0 Å². The summed E-state index contributed by atoms with van der Waals surface area (Å²) < 4.78 is 0. The van der Waals surface area contributed by atoms with Gasteiger partial charge >= 0.3 is 5.97 Å². The van der Waals surface area contributed by atoms with Gasteiger partial charge in [-0.3, -0.25) is 0 Å². The van der Waals surface area contributed by atoms with E-state index >= 15 is 0 Å². The average molecular weight is 243 g/mol. The molecule has 94 valence electrons. The van der Waals surface area contributed by atoms with Crippen LogP contribution in [-0.4, -0.2) is 23.7 Å². The summed E-state index contributed by atoms with van der Waals surface area (Å²) >= 11 is 0. The number of likely N-dealkylation sites (N-methyl/N-ethyl adjacent to an activating group) is 1. The van der Waals surface area contributed by atoms with Crippen molar-refractivity contribution in [2.75, 3.05) is 11.4 Å². The molecular formula is C15H17NO2. The lowest BCUT2D eigenvalue weighted by Gasteiger charge is -2.28. The third-order valence-corrected chi connectivity index (χ3v) is 3.24. The molecule has 0 radical (unpaired) electrons. The minimum atomic E-state index is -0.801. The summed E-state index contributed by atoms with van der Waals surface area (Å²) in [4.78, 5) is 13.1. The lowest BCUT2D eigenvalue weighted by atomic mass is 10.1. The highest BCUT2D eigenvalue weighted by molar-refractivity contribution is 5.95. The van der Waals surface area contributed by atoms with Gasteiger partial charge in [0.25, 0.3) is 0 Å². The van der Waals surface area contributed by atoms with Gasteiger partial charge < -0.3 is 10.0 Å². The van der Waals surface area contributed by atoms with E-state index in [0.29, 0.717) is 6.54 Å². The molecule has 0 spiro atoms. The second-order valence-electron chi connectivity index (χ2n) is 4.30. The zero-order valence-electron chi connectivity index (χ0n) is 10.6. The molecule has 0 aromatic heterocycles. The van der Waals surface area contributed by atoms with E-state index in [0.717, 1.165) is 16.5 Å². The van der Waals surface area contributed by atoms with Gasteiger partial charge in [-0.05, 0) is 25.3 Å². The van der Waals surface area contributed by atoms with Crippen LogP contribution in [-0.2, 0) is 4.79 Å². The predicted molar refractivity (Wildman–Crippen MR) is 74.1 cm³/mol.